The van der Waals surface area contributed by atoms with Gasteiger partial charge in [0.05, 0.1) is 12.6 Å². The maximum atomic E-state index is 5.50. The third-order valence-corrected chi connectivity index (χ3v) is 3.47. The van der Waals surface area contributed by atoms with Crippen LogP contribution in [0.15, 0.2) is 24.3 Å². The molecule has 1 aromatic heterocycles. The number of hydrogen-bond donors (Lipinski definition) is 1. The SMILES string of the molecule is CNC(C)c1cc2cccc(OC)c2n1C(C)C. The lowest BCUT2D eigenvalue weighted by Crippen LogP contribution is -2.17. The number of benzene rings is 1. The summed E-state index contributed by atoms with van der Waals surface area (Å²) in [6.07, 6.45) is 0. The molecular formula is C15H22N2O. The van der Waals surface area contributed by atoms with Crippen molar-refractivity contribution in [1.82, 2.24) is 9.88 Å². The fourth-order valence-electron chi connectivity index (χ4n) is 2.47. The summed E-state index contributed by atoms with van der Waals surface area (Å²) in [5.74, 6) is 0.941. The van der Waals surface area contributed by atoms with E-state index in [2.05, 4.69) is 42.8 Å². The molecule has 0 radical (unpaired) electrons. The molecule has 2 rings (SSSR count). The van der Waals surface area contributed by atoms with E-state index in [1.807, 2.05) is 19.2 Å². The first-order valence-electron chi connectivity index (χ1n) is 6.45. The van der Waals surface area contributed by atoms with Gasteiger partial charge in [-0.25, -0.2) is 0 Å². The van der Waals surface area contributed by atoms with Gasteiger partial charge in [0.25, 0.3) is 0 Å². The van der Waals surface area contributed by atoms with Crippen molar-refractivity contribution >= 4 is 10.9 Å². The van der Waals surface area contributed by atoms with E-state index in [9.17, 15) is 0 Å². The van der Waals surface area contributed by atoms with Gasteiger partial charge in [-0.2, -0.15) is 0 Å². The summed E-state index contributed by atoms with van der Waals surface area (Å²) in [5.41, 5.74) is 2.49. The van der Waals surface area contributed by atoms with Crippen LogP contribution >= 0.6 is 0 Å². The Balaban J connectivity index is 2.76. The summed E-state index contributed by atoms with van der Waals surface area (Å²) in [6, 6.07) is 9.19. The lowest BCUT2D eigenvalue weighted by atomic mass is 10.2. The van der Waals surface area contributed by atoms with E-state index < -0.39 is 0 Å². The zero-order valence-corrected chi connectivity index (χ0v) is 11.8. The first kappa shape index (κ1) is 13.0. The maximum absolute atomic E-state index is 5.50. The van der Waals surface area contributed by atoms with Gasteiger partial charge in [-0.3, -0.25) is 0 Å². The summed E-state index contributed by atoms with van der Waals surface area (Å²) in [4.78, 5) is 0. The van der Waals surface area contributed by atoms with Crippen LogP contribution in [0.1, 0.15) is 38.5 Å². The second-order valence-corrected chi connectivity index (χ2v) is 4.94. The average molecular weight is 246 g/mol. The molecule has 3 heteroatoms. The molecule has 3 nitrogen and oxygen atoms in total. The lowest BCUT2D eigenvalue weighted by Gasteiger charge is -2.19. The molecule has 1 unspecified atom stereocenters. The Kier molecular flexibility index (Phi) is 3.62. The van der Waals surface area contributed by atoms with Gasteiger partial charge in [0.1, 0.15) is 5.75 Å². The Hall–Kier alpha value is -1.48. The molecule has 98 valence electrons. The Labute approximate surface area is 109 Å². The van der Waals surface area contributed by atoms with E-state index in [0.29, 0.717) is 12.1 Å². The van der Waals surface area contributed by atoms with E-state index in [0.717, 1.165) is 5.75 Å². The molecule has 0 saturated carbocycles. The molecule has 2 aromatic rings. The number of aromatic nitrogens is 1. The number of hydrogen-bond acceptors (Lipinski definition) is 2. The van der Waals surface area contributed by atoms with Crippen LogP contribution in [0.3, 0.4) is 0 Å². The predicted molar refractivity (Wildman–Crippen MR) is 76.3 cm³/mol. The van der Waals surface area contributed by atoms with Crippen LogP contribution in [-0.4, -0.2) is 18.7 Å². The molecule has 0 aliphatic heterocycles. The van der Waals surface area contributed by atoms with Crippen LogP contribution in [0, 0.1) is 0 Å². The molecule has 1 N–H and O–H groups in total. The summed E-state index contributed by atoms with van der Waals surface area (Å²) >= 11 is 0. The van der Waals surface area contributed by atoms with Gasteiger partial charge < -0.3 is 14.6 Å². The smallest absolute Gasteiger partial charge is 0.143 e. The largest absolute Gasteiger partial charge is 0.495 e. The molecule has 0 spiro atoms. The van der Waals surface area contributed by atoms with Crippen molar-refractivity contribution in [2.24, 2.45) is 0 Å². The molecule has 0 bridgehead atoms. The van der Waals surface area contributed by atoms with Crippen molar-refractivity contribution in [1.29, 1.82) is 0 Å². The molecule has 1 heterocycles. The topological polar surface area (TPSA) is 26.2 Å². The summed E-state index contributed by atoms with van der Waals surface area (Å²) in [6.45, 7) is 6.59. The van der Waals surface area contributed by atoms with Crippen molar-refractivity contribution < 1.29 is 4.74 Å². The molecular weight excluding hydrogens is 224 g/mol. The highest BCUT2D eigenvalue weighted by Crippen LogP contribution is 2.33. The highest BCUT2D eigenvalue weighted by molar-refractivity contribution is 5.87. The maximum Gasteiger partial charge on any atom is 0.143 e. The Bertz CT molecular complexity index is 543. The van der Waals surface area contributed by atoms with Crippen LogP contribution in [-0.2, 0) is 0 Å². The fourth-order valence-corrected chi connectivity index (χ4v) is 2.47. The van der Waals surface area contributed by atoms with Crippen LogP contribution in [0.25, 0.3) is 10.9 Å². The number of nitrogens with one attached hydrogen (secondary N) is 1. The minimum atomic E-state index is 0.324. The number of ether oxygens (including phenoxy) is 1. The average Bonchev–Trinajstić information content (AvgIpc) is 2.76. The van der Waals surface area contributed by atoms with Crippen LogP contribution in [0.4, 0.5) is 0 Å². The Morgan fingerprint density at radius 3 is 2.50 bits per heavy atom. The second-order valence-electron chi connectivity index (χ2n) is 4.94. The van der Waals surface area contributed by atoms with Crippen molar-refractivity contribution in [3.63, 3.8) is 0 Å². The predicted octanol–water partition coefficient (Wildman–Crippen LogP) is 3.51. The standard InChI is InChI=1S/C15H22N2O/c1-10(2)17-13(11(3)16-4)9-12-7-6-8-14(18-5)15(12)17/h6-11,16H,1-5H3. The first-order valence-corrected chi connectivity index (χ1v) is 6.45. The van der Waals surface area contributed by atoms with E-state index in [-0.39, 0.29) is 0 Å². The van der Waals surface area contributed by atoms with Crippen molar-refractivity contribution in [3.8, 4) is 5.75 Å². The van der Waals surface area contributed by atoms with Crippen molar-refractivity contribution in [2.75, 3.05) is 14.2 Å². The quantitative estimate of drug-likeness (QED) is 0.893. The fraction of sp³-hybridized carbons (Fsp3) is 0.467. The Morgan fingerprint density at radius 1 is 1.22 bits per heavy atom. The Morgan fingerprint density at radius 2 is 1.94 bits per heavy atom. The molecule has 0 aliphatic rings. The molecule has 0 fully saturated rings. The van der Waals surface area contributed by atoms with Crippen LogP contribution in [0.2, 0.25) is 0 Å². The van der Waals surface area contributed by atoms with Gasteiger partial charge in [0, 0.05) is 23.2 Å². The molecule has 18 heavy (non-hydrogen) atoms. The highest BCUT2D eigenvalue weighted by Gasteiger charge is 2.17. The lowest BCUT2D eigenvalue weighted by molar-refractivity contribution is 0.415. The first-order chi connectivity index (χ1) is 8.60. The minimum absolute atomic E-state index is 0.324. The van der Waals surface area contributed by atoms with E-state index in [1.54, 1.807) is 7.11 Å². The number of para-hydroxylation sites is 1. The van der Waals surface area contributed by atoms with Gasteiger partial charge in [0.15, 0.2) is 0 Å². The second kappa shape index (κ2) is 5.02. The monoisotopic (exact) mass is 246 g/mol. The molecule has 0 aliphatic carbocycles. The van der Waals surface area contributed by atoms with E-state index in [1.165, 1.54) is 16.6 Å². The summed E-state index contributed by atoms with van der Waals surface area (Å²) < 4.78 is 7.86. The van der Waals surface area contributed by atoms with Crippen molar-refractivity contribution in [3.05, 3.63) is 30.0 Å². The number of nitrogens with zero attached hydrogens (tertiary/aromatic N) is 1. The third-order valence-electron chi connectivity index (χ3n) is 3.47. The molecule has 0 saturated heterocycles. The van der Waals surface area contributed by atoms with Gasteiger partial charge in [-0.05, 0) is 40.0 Å². The third kappa shape index (κ3) is 1.99. The number of methoxy groups -OCH3 is 1. The van der Waals surface area contributed by atoms with E-state index >= 15 is 0 Å². The highest BCUT2D eigenvalue weighted by atomic mass is 16.5. The number of fused-ring (bicyclic) bond motifs is 1. The van der Waals surface area contributed by atoms with Gasteiger partial charge in [0.2, 0.25) is 0 Å². The van der Waals surface area contributed by atoms with Crippen LogP contribution in [0.5, 0.6) is 5.75 Å². The van der Waals surface area contributed by atoms with E-state index in [4.69, 9.17) is 4.74 Å². The molecule has 1 aromatic carbocycles. The van der Waals surface area contributed by atoms with Crippen molar-refractivity contribution in [2.45, 2.75) is 32.9 Å². The normalized spacial score (nSPS) is 13.2. The van der Waals surface area contributed by atoms with Gasteiger partial charge in [-0.1, -0.05) is 12.1 Å². The zero-order valence-electron chi connectivity index (χ0n) is 11.8. The molecule has 0 amide bonds. The number of rotatable bonds is 4. The van der Waals surface area contributed by atoms with Gasteiger partial charge in [-0.15, -0.1) is 0 Å². The zero-order chi connectivity index (χ0) is 13.3. The van der Waals surface area contributed by atoms with Crippen LogP contribution < -0.4 is 10.1 Å². The van der Waals surface area contributed by atoms with Gasteiger partial charge >= 0.3 is 0 Å². The summed E-state index contributed by atoms with van der Waals surface area (Å²) in [7, 11) is 3.72. The molecule has 1 atom stereocenters. The summed E-state index contributed by atoms with van der Waals surface area (Å²) in [5, 5.41) is 4.55. The minimum Gasteiger partial charge on any atom is -0.495 e.